The number of hydrogen-bond acceptors (Lipinski definition) is 5. The lowest BCUT2D eigenvalue weighted by Gasteiger charge is -2.37. The number of rotatable bonds is 5. The summed E-state index contributed by atoms with van der Waals surface area (Å²) in [6, 6.07) is 9.96. The van der Waals surface area contributed by atoms with Crippen LogP contribution in [0.3, 0.4) is 0 Å². The zero-order valence-electron chi connectivity index (χ0n) is 17.7. The van der Waals surface area contributed by atoms with Gasteiger partial charge in [-0.2, -0.15) is 0 Å². The molecule has 0 spiro atoms. The Labute approximate surface area is 179 Å². The highest BCUT2D eigenvalue weighted by molar-refractivity contribution is 6.05. The first-order valence-corrected chi connectivity index (χ1v) is 10.5. The molecule has 0 bridgehead atoms. The predicted molar refractivity (Wildman–Crippen MR) is 113 cm³/mol. The van der Waals surface area contributed by atoms with Crippen LogP contribution in [0.25, 0.3) is 22.6 Å². The smallest absolute Gasteiger partial charge is 0.255 e. The van der Waals surface area contributed by atoms with Crippen molar-refractivity contribution >= 4 is 5.91 Å². The highest BCUT2D eigenvalue weighted by Gasteiger charge is 2.48. The molecule has 0 unspecified atom stereocenters. The molecule has 0 radical (unpaired) electrons. The number of carbonyl (C=O) groups excluding carboxylic acids is 1. The Morgan fingerprint density at radius 1 is 1.19 bits per heavy atom. The first-order chi connectivity index (χ1) is 14.7. The Balaban J connectivity index is 1.53. The number of aliphatic hydroxyl groups is 1. The van der Waals surface area contributed by atoms with Crippen molar-refractivity contribution in [2.45, 2.75) is 51.8 Å². The van der Waals surface area contributed by atoms with Crippen LogP contribution in [0.15, 0.2) is 40.8 Å². The molecule has 3 aromatic rings. The maximum atomic E-state index is 15.2. The summed E-state index contributed by atoms with van der Waals surface area (Å²) in [5, 5.41) is 18.5. The second-order valence-electron chi connectivity index (χ2n) is 9.03. The van der Waals surface area contributed by atoms with Gasteiger partial charge in [0.2, 0.25) is 11.8 Å². The van der Waals surface area contributed by atoms with Crippen LogP contribution < -0.4 is 0 Å². The third-order valence-electron chi connectivity index (χ3n) is 6.13. The van der Waals surface area contributed by atoms with Crippen LogP contribution in [-0.4, -0.2) is 37.8 Å². The second kappa shape index (κ2) is 6.99. The van der Waals surface area contributed by atoms with Crippen molar-refractivity contribution in [1.82, 2.24) is 15.1 Å². The number of amides is 1. The molecule has 1 saturated carbocycles. The van der Waals surface area contributed by atoms with Gasteiger partial charge in [-0.05, 0) is 55.9 Å². The minimum Gasteiger partial charge on any atom is -0.421 e. The molecule has 5 rings (SSSR count). The van der Waals surface area contributed by atoms with Crippen molar-refractivity contribution in [1.29, 1.82) is 0 Å². The average Bonchev–Trinajstić information content (AvgIpc) is 3.34. The van der Waals surface area contributed by atoms with Gasteiger partial charge in [-0.1, -0.05) is 24.3 Å². The van der Waals surface area contributed by atoms with Crippen LogP contribution in [-0.2, 0) is 6.54 Å². The van der Waals surface area contributed by atoms with Crippen LogP contribution >= 0.6 is 0 Å². The molecule has 1 aliphatic carbocycles. The summed E-state index contributed by atoms with van der Waals surface area (Å²) >= 11 is 0. The first-order valence-electron chi connectivity index (χ1n) is 10.5. The van der Waals surface area contributed by atoms with Crippen LogP contribution in [0.1, 0.15) is 48.5 Å². The molecule has 1 fully saturated rings. The number of benzene rings is 2. The monoisotopic (exact) mass is 421 g/mol. The van der Waals surface area contributed by atoms with E-state index in [1.54, 1.807) is 43.9 Å². The molecular formula is C24H24FN3O3. The van der Waals surface area contributed by atoms with E-state index in [9.17, 15) is 9.90 Å². The lowest BCUT2D eigenvalue weighted by Crippen LogP contribution is -2.51. The van der Waals surface area contributed by atoms with Crippen LogP contribution in [0, 0.1) is 18.7 Å². The van der Waals surface area contributed by atoms with Gasteiger partial charge in [0.15, 0.2) is 0 Å². The fraction of sp³-hybridized carbons (Fsp3) is 0.375. The molecule has 1 amide bonds. The molecule has 1 aliphatic heterocycles. The fourth-order valence-electron chi connectivity index (χ4n) is 4.74. The summed E-state index contributed by atoms with van der Waals surface area (Å²) < 4.78 is 20.5. The summed E-state index contributed by atoms with van der Waals surface area (Å²) in [4.78, 5) is 15.2. The molecule has 6 nitrogen and oxygen atoms in total. The topological polar surface area (TPSA) is 79.5 Å². The quantitative estimate of drug-likeness (QED) is 0.662. The van der Waals surface area contributed by atoms with E-state index in [4.69, 9.17) is 4.42 Å². The van der Waals surface area contributed by atoms with Gasteiger partial charge in [-0.15, -0.1) is 10.2 Å². The molecule has 1 N–H and O–H groups in total. The minimum absolute atomic E-state index is 0.152. The van der Waals surface area contributed by atoms with E-state index in [1.165, 1.54) is 6.07 Å². The highest BCUT2D eigenvalue weighted by Crippen LogP contribution is 2.44. The minimum atomic E-state index is -1.01. The first kappa shape index (κ1) is 19.9. The number of fused-ring (bicyclic) bond motifs is 1. The van der Waals surface area contributed by atoms with Gasteiger partial charge in [0, 0.05) is 24.6 Å². The molecule has 2 heterocycles. The lowest BCUT2D eigenvalue weighted by atomic mass is 9.92. The number of carbonyl (C=O) groups is 1. The largest absolute Gasteiger partial charge is 0.421 e. The van der Waals surface area contributed by atoms with Crippen molar-refractivity contribution in [3.63, 3.8) is 0 Å². The van der Waals surface area contributed by atoms with Gasteiger partial charge in [0.1, 0.15) is 5.82 Å². The number of halogens is 1. The number of aryl methyl sites for hydroxylation is 1. The van der Waals surface area contributed by atoms with Gasteiger partial charge >= 0.3 is 0 Å². The van der Waals surface area contributed by atoms with Gasteiger partial charge in [-0.3, -0.25) is 4.79 Å². The molecule has 31 heavy (non-hydrogen) atoms. The summed E-state index contributed by atoms with van der Waals surface area (Å²) in [5.41, 5.74) is 1.75. The lowest BCUT2D eigenvalue weighted by molar-refractivity contribution is -0.0224. The Hall–Kier alpha value is -3.06. The zero-order valence-corrected chi connectivity index (χ0v) is 17.7. The van der Waals surface area contributed by atoms with E-state index in [-0.39, 0.29) is 17.8 Å². The average molecular weight is 421 g/mol. The summed E-state index contributed by atoms with van der Waals surface area (Å²) in [7, 11) is 0. The summed E-state index contributed by atoms with van der Waals surface area (Å²) in [6.07, 6.45) is 2.01. The van der Waals surface area contributed by atoms with Gasteiger partial charge in [-0.25, -0.2) is 4.39 Å². The van der Waals surface area contributed by atoms with Crippen LogP contribution in [0.4, 0.5) is 4.39 Å². The summed E-state index contributed by atoms with van der Waals surface area (Å²) in [5.74, 6) is 0.342. The number of hydrogen-bond donors (Lipinski definition) is 1. The standard InChI is InChI=1S/C24H24FN3O3/c1-13-26-27-22(31-13)15-9-10-17(19(25)11-15)18-6-4-5-16-12-28(23(29)20(16)18)21(14-7-8-14)24(2,3)30/h4-6,9-11,14,21,30H,7-8,12H2,1-3H3/t21-/m1/s1. The molecule has 2 aliphatic rings. The molecule has 1 atom stereocenters. The van der Waals surface area contributed by atoms with E-state index in [2.05, 4.69) is 10.2 Å². The molecule has 7 heteroatoms. The third kappa shape index (κ3) is 3.43. The van der Waals surface area contributed by atoms with Crippen LogP contribution in [0.5, 0.6) is 0 Å². The number of aromatic nitrogens is 2. The Morgan fingerprint density at radius 3 is 2.58 bits per heavy atom. The van der Waals surface area contributed by atoms with E-state index in [0.717, 1.165) is 18.4 Å². The van der Waals surface area contributed by atoms with E-state index >= 15 is 4.39 Å². The third-order valence-corrected chi connectivity index (χ3v) is 6.13. The number of nitrogens with zero attached hydrogens (tertiary/aromatic N) is 3. The van der Waals surface area contributed by atoms with Gasteiger partial charge < -0.3 is 14.4 Å². The SMILES string of the molecule is Cc1nnc(-c2ccc(-c3cccc4c3C(=O)N([C@H](C3CC3)C(C)(C)O)C4)c(F)c2)o1. The van der Waals surface area contributed by atoms with Crippen molar-refractivity contribution < 1.29 is 18.7 Å². The molecular weight excluding hydrogens is 397 g/mol. The zero-order chi connectivity index (χ0) is 21.9. The van der Waals surface area contributed by atoms with Gasteiger partial charge in [0.05, 0.1) is 17.2 Å². The van der Waals surface area contributed by atoms with Crippen molar-refractivity contribution in [2.75, 3.05) is 0 Å². The molecule has 2 aromatic carbocycles. The summed E-state index contributed by atoms with van der Waals surface area (Å²) in [6.45, 7) is 5.61. The highest BCUT2D eigenvalue weighted by atomic mass is 19.1. The van der Waals surface area contributed by atoms with Gasteiger partial charge in [0.25, 0.3) is 5.91 Å². The van der Waals surface area contributed by atoms with Crippen molar-refractivity contribution in [2.24, 2.45) is 5.92 Å². The molecule has 0 saturated heterocycles. The predicted octanol–water partition coefficient (Wildman–Crippen LogP) is 4.36. The molecule has 1 aromatic heterocycles. The molecule has 160 valence electrons. The maximum Gasteiger partial charge on any atom is 0.255 e. The van der Waals surface area contributed by atoms with Crippen molar-refractivity contribution in [3.8, 4) is 22.6 Å². The Kier molecular flexibility index (Phi) is 4.48. The fourth-order valence-corrected chi connectivity index (χ4v) is 4.74. The van der Waals surface area contributed by atoms with Crippen molar-refractivity contribution in [3.05, 3.63) is 59.2 Å². The van der Waals surface area contributed by atoms with E-state index in [1.807, 2.05) is 12.1 Å². The van der Waals surface area contributed by atoms with Crippen LogP contribution in [0.2, 0.25) is 0 Å². The second-order valence-corrected chi connectivity index (χ2v) is 9.03. The Bertz CT molecular complexity index is 1180. The normalized spacial score (nSPS) is 17.2. The Morgan fingerprint density at radius 2 is 1.97 bits per heavy atom. The van der Waals surface area contributed by atoms with E-state index in [0.29, 0.717) is 40.6 Å². The maximum absolute atomic E-state index is 15.2. The van der Waals surface area contributed by atoms with E-state index < -0.39 is 11.4 Å².